The van der Waals surface area contributed by atoms with Gasteiger partial charge in [0.05, 0.1) is 18.5 Å². The van der Waals surface area contributed by atoms with Crippen LogP contribution in [0.4, 0.5) is 0 Å². The quantitative estimate of drug-likeness (QED) is 0.755. The Morgan fingerprint density at radius 2 is 2.36 bits per heavy atom. The summed E-state index contributed by atoms with van der Waals surface area (Å²) in [5, 5.41) is 5.58. The summed E-state index contributed by atoms with van der Waals surface area (Å²) in [6.45, 7) is 0.290. The lowest BCUT2D eigenvalue weighted by Gasteiger charge is -2.03. The molecule has 0 unspecified atom stereocenters. The molecule has 0 fully saturated rings. The summed E-state index contributed by atoms with van der Waals surface area (Å²) in [6.07, 6.45) is 5.54. The Morgan fingerprint density at radius 1 is 1.45 bits per heavy atom. The average molecular weight is 298 g/mol. The topological polar surface area (TPSA) is 92.4 Å². The Bertz CT molecular complexity index is 905. The summed E-state index contributed by atoms with van der Waals surface area (Å²) in [5.41, 5.74) is 2.19. The van der Waals surface area contributed by atoms with E-state index in [0.29, 0.717) is 23.5 Å². The molecular weight excluding hydrogens is 284 g/mol. The van der Waals surface area contributed by atoms with Crippen molar-refractivity contribution in [2.75, 3.05) is 0 Å². The van der Waals surface area contributed by atoms with E-state index in [0.717, 1.165) is 30.5 Å². The molecule has 4 rings (SSSR count). The smallest absolute Gasteiger partial charge is 0.276 e. The van der Waals surface area contributed by atoms with Gasteiger partial charge in [-0.05, 0) is 31.4 Å². The monoisotopic (exact) mass is 298 g/mol. The number of amides is 1. The third-order valence-electron chi connectivity index (χ3n) is 3.93. The highest BCUT2D eigenvalue weighted by molar-refractivity contribution is 5.99. The average Bonchev–Trinajstić information content (AvgIpc) is 3.25. The van der Waals surface area contributed by atoms with E-state index < -0.39 is 0 Å². The zero-order valence-electron chi connectivity index (χ0n) is 11.8. The molecule has 22 heavy (non-hydrogen) atoms. The molecule has 1 aliphatic rings. The van der Waals surface area contributed by atoms with Crippen LogP contribution in [0, 0.1) is 0 Å². The van der Waals surface area contributed by atoms with E-state index in [1.54, 1.807) is 18.4 Å². The van der Waals surface area contributed by atoms with Gasteiger partial charge in [-0.2, -0.15) is 0 Å². The van der Waals surface area contributed by atoms with E-state index in [1.165, 1.54) is 10.7 Å². The fourth-order valence-corrected chi connectivity index (χ4v) is 2.83. The van der Waals surface area contributed by atoms with Crippen LogP contribution in [0.2, 0.25) is 0 Å². The van der Waals surface area contributed by atoms with Gasteiger partial charge in [0, 0.05) is 11.8 Å². The molecule has 0 aromatic carbocycles. The molecule has 3 aromatic rings. The van der Waals surface area contributed by atoms with Crippen LogP contribution in [0.3, 0.4) is 0 Å². The van der Waals surface area contributed by atoms with E-state index in [-0.39, 0.29) is 11.5 Å². The van der Waals surface area contributed by atoms with Crippen molar-refractivity contribution in [3.05, 3.63) is 57.5 Å². The Kier molecular flexibility index (Phi) is 2.85. The van der Waals surface area contributed by atoms with E-state index in [2.05, 4.69) is 15.4 Å². The maximum Gasteiger partial charge on any atom is 0.276 e. The number of carbonyl (C=O) groups is 1. The van der Waals surface area contributed by atoms with Crippen LogP contribution in [-0.4, -0.2) is 20.5 Å². The van der Waals surface area contributed by atoms with Crippen molar-refractivity contribution >= 4 is 11.6 Å². The molecule has 0 saturated carbocycles. The molecule has 3 heterocycles. The normalized spacial score (nSPS) is 13.5. The summed E-state index contributed by atoms with van der Waals surface area (Å²) >= 11 is 0. The molecule has 2 N–H and O–H groups in total. The van der Waals surface area contributed by atoms with Crippen molar-refractivity contribution in [3.8, 4) is 0 Å². The second kappa shape index (κ2) is 4.87. The van der Waals surface area contributed by atoms with Gasteiger partial charge in [0.25, 0.3) is 11.5 Å². The van der Waals surface area contributed by atoms with Crippen molar-refractivity contribution < 1.29 is 9.21 Å². The number of aromatic nitrogens is 3. The van der Waals surface area contributed by atoms with Crippen LogP contribution in [0.15, 0.2) is 33.8 Å². The Morgan fingerprint density at radius 3 is 3.18 bits per heavy atom. The molecule has 1 amide bonds. The summed E-state index contributed by atoms with van der Waals surface area (Å²) in [6, 6.07) is 3.54. The van der Waals surface area contributed by atoms with Crippen molar-refractivity contribution in [1.29, 1.82) is 0 Å². The fourth-order valence-electron chi connectivity index (χ4n) is 2.83. The van der Waals surface area contributed by atoms with Gasteiger partial charge in [-0.1, -0.05) is 0 Å². The summed E-state index contributed by atoms with van der Waals surface area (Å²) in [5.74, 6) is 0.374. The fraction of sp³-hybridized carbons (Fsp3) is 0.267. The Balaban J connectivity index is 1.68. The van der Waals surface area contributed by atoms with Crippen LogP contribution in [-0.2, 0) is 19.4 Å². The van der Waals surface area contributed by atoms with E-state index in [4.69, 9.17) is 4.42 Å². The number of aromatic amines is 1. The first-order valence-electron chi connectivity index (χ1n) is 7.16. The number of fused-ring (bicyclic) bond motifs is 2. The minimum absolute atomic E-state index is 0.109. The SMILES string of the molecule is O=C(NCc1ccco1)c1c[nH]n2c(=O)c3c(nc12)CCC3. The third kappa shape index (κ3) is 1.93. The number of nitrogens with zero attached hydrogens (tertiary/aromatic N) is 2. The highest BCUT2D eigenvalue weighted by Crippen LogP contribution is 2.18. The summed E-state index contributed by atoms with van der Waals surface area (Å²) in [4.78, 5) is 29.1. The summed E-state index contributed by atoms with van der Waals surface area (Å²) < 4.78 is 6.51. The van der Waals surface area contributed by atoms with Crippen LogP contribution >= 0.6 is 0 Å². The minimum atomic E-state index is -0.292. The maximum absolute atomic E-state index is 12.3. The first kappa shape index (κ1) is 12.9. The lowest BCUT2D eigenvalue weighted by Crippen LogP contribution is -2.24. The van der Waals surface area contributed by atoms with Gasteiger partial charge in [-0.25, -0.2) is 9.50 Å². The van der Waals surface area contributed by atoms with Crippen molar-refractivity contribution in [2.24, 2.45) is 0 Å². The van der Waals surface area contributed by atoms with Gasteiger partial charge < -0.3 is 9.73 Å². The van der Waals surface area contributed by atoms with Gasteiger partial charge in [-0.3, -0.25) is 14.7 Å². The number of aryl methyl sites for hydroxylation is 1. The third-order valence-corrected chi connectivity index (χ3v) is 3.93. The second-order valence-corrected chi connectivity index (χ2v) is 5.30. The molecule has 7 heteroatoms. The predicted octanol–water partition coefficient (Wildman–Crippen LogP) is 1.03. The highest BCUT2D eigenvalue weighted by Gasteiger charge is 2.22. The van der Waals surface area contributed by atoms with Gasteiger partial charge in [0.15, 0.2) is 5.65 Å². The number of hydrogen-bond donors (Lipinski definition) is 2. The van der Waals surface area contributed by atoms with E-state index >= 15 is 0 Å². The number of carbonyl (C=O) groups excluding carboxylic acids is 1. The molecular formula is C15H14N4O3. The number of furan rings is 1. The zero-order chi connectivity index (χ0) is 15.1. The largest absolute Gasteiger partial charge is 0.467 e. The van der Waals surface area contributed by atoms with Crippen molar-refractivity contribution in [1.82, 2.24) is 19.9 Å². The lowest BCUT2D eigenvalue weighted by molar-refractivity contribution is 0.0949. The van der Waals surface area contributed by atoms with Gasteiger partial charge in [-0.15, -0.1) is 0 Å². The molecule has 0 radical (unpaired) electrons. The molecule has 112 valence electrons. The molecule has 0 atom stereocenters. The highest BCUT2D eigenvalue weighted by atomic mass is 16.3. The predicted molar refractivity (Wildman–Crippen MR) is 77.7 cm³/mol. The number of rotatable bonds is 3. The van der Waals surface area contributed by atoms with Gasteiger partial charge in [0.2, 0.25) is 0 Å². The van der Waals surface area contributed by atoms with Crippen LogP contribution in [0.25, 0.3) is 5.65 Å². The number of H-pyrrole nitrogens is 1. The van der Waals surface area contributed by atoms with Gasteiger partial charge in [0.1, 0.15) is 11.3 Å². The molecule has 0 spiro atoms. The molecule has 0 bridgehead atoms. The van der Waals surface area contributed by atoms with Crippen molar-refractivity contribution in [2.45, 2.75) is 25.8 Å². The van der Waals surface area contributed by atoms with Crippen LogP contribution < -0.4 is 10.9 Å². The Hall–Kier alpha value is -2.83. The molecule has 1 aliphatic carbocycles. The van der Waals surface area contributed by atoms with Crippen molar-refractivity contribution in [3.63, 3.8) is 0 Å². The molecule has 7 nitrogen and oxygen atoms in total. The molecule has 0 aliphatic heterocycles. The van der Waals surface area contributed by atoms with Crippen LogP contribution in [0.5, 0.6) is 0 Å². The standard InChI is InChI=1S/C15H14N4O3/c20-14(16-7-9-3-2-6-22-9)11-8-17-19-13(11)18-12-5-1-4-10(12)15(19)21/h2-3,6,8,17H,1,4-5,7H2,(H,16,20). The molecule has 3 aromatic heterocycles. The lowest BCUT2D eigenvalue weighted by atomic mass is 10.2. The number of nitrogens with one attached hydrogen (secondary N) is 2. The van der Waals surface area contributed by atoms with E-state index in [1.807, 2.05) is 0 Å². The van der Waals surface area contributed by atoms with E-state index in [9.17, 15) is 9.59 Å². The number of hydrogen-bond acceptors (Lipinski definition) is 4. The van der Waals surface area contributed by atoms with Crippen LogP contribution in [0.1, 0.15) is 33.8 Å². The zero-order valence-corrected chi connectivity index (χ0v) is 11.8. The summed E-state index contributed by atoms with van der Waals surface area (Å²) in [7, 11) is 0. The molecule has 0 saturated heterocycles. The Labute approximate surface area is 125 Å². The first-order valence-corrected chi connectivity index (χ1v) is 7.16. The maximum atomic E-state index is 12.3. The first-order chi connectivity index (χ1) is 10.7. The minimum Gasteiger partial charge on any atom is -0.467 e. The second-order valence-electron chi connectivity index (χ2n) is 5.30. The van der Waals surface area contributed by atoms with Gasteiger partial charge >= 0.3 is 0 Å².